The molecule has 4 heteroatoms. The Bertz CT molecular complexity index is 177. The van der Waals surface area contributed by atoms with Gasteiger partial charge in [-0.25, -0.2) is 0 Å². The highest BCUT2D eigenvalue weighted by molar-refractivity contribution is 8.11. The largest absolute Gasteiger partial charge is 0.371 e. The molecule has 0 aromatic carbocycles. The van der Waals surface area contributed by atoms with Gasteiger partial charge in [0.2, 0.25) is 0 Å². The molecule has 1 N–H and O–H groups in total. The number of nitrogens with one attached hydrogen (secondary N) is 1. The third kappa shape index (κ3) is 27.0. The lowest BCUT2D eigenvalue weighted by Gasteiger charge is -2.00. The van der Waals surface area contributed by atoms with Crippen molar-refractivity contribution in [2.75, 3.05) is 12.3 Å². The third-order valence-electron chi connectivity index (χ3n) is 3.04. The van der Waals surface area contributed by atoms with Crippen molar-refractivity contribution in [1.82, 2.24) is 5.32 Å². The summed E-state index contributed by atoms with van der Waals surface area (Å²) >= 11 is 12.7. The van der Waals surface area contributed by atoms with Crippen LogP contribution in [0.15, 0.2) is 0 Å². The van der Waals surface area contributed by atoms with Crippen LogP contribution in [0.1, 0.15) is 84.5 Å². The summed E-state index contributed by atoms with van der Waals surface area (Å²) in [4.78, 5) is 0. The molecule has 0 heterocycles. The van der Waals surface area contributed by atoms with E-state index in [1.165, 1.54) is 64.2 Å². The molecule has 0 atom stereocenters. The van der Waals surface area contributed by atoms with Gasteiger partial charge in [0.15, 0.2) is 0 Å². The van der Waals surface area contributed by atoms with Gasteiger partial charge in [-0.3, -0.25) is 0 Å². The van der Waals surface area contributed by atoms with Crippen molar-refractivity contribution in [2.45, 2.75) is 84.5 Å². The van der Waals surface area contributed by atoms with Gasteiger partial charge in [-0.15, -0.1) is 12.6 Å². The average molecular weight is 338 g/mol. The molecule has 1 nitrogen and oxygen atoms in total. The molecule has 0 saturated carbocycles. The van der Waals surface area contributed by atoms with Gasteiger partial charge >= 0.3 is 0 Å². The second-order valence-electron chi connectivity index (χ2n) is 5.14. The molecule has 0 aromatic heterocycles. The minimum absolute atomic E-state index is 0.585. The Morgan fingerprint density at radius 1 is 0.800 bits per heavy atom. The predicted molar refractivity (Wildman–Crippen MR) is 106 cm³/mol. The fourth-order valence-corrected chi connectivity index (χ4v) is 2.27. The molecule has 0 unspecified atom stereocenters. The Morgan fingerprint density at radius 2 is 1.25 bits per heavy atom. The number of hydrogen-bond acceptors (Lipinski definition) is 2. The summed E-state index contributed by atoms with van der Waals surface area (Å²) in [6.45, 7) is 5.29. The minimum atomic E-state index is 0.585. The van der Waals surface area contributed by atoms with E-state index in [1.807, 2.05) is 0 Å². The molecular weight excluding hydrogens is 302 g/mol. The van der Waals surface area contributed by atoms with E-state index in [0.717, 1.165) is 18.7 Å². The molecule has 0 aliphatic carbocycles. The Kier molecular flexibility index (Phi) is 25.0. The van der Waals surface area contributed by atoms with Crippen molar-refractivity contribution >= 4 is 41.8 Å². The smallest absolute Gasteiger partial charge is 0.130 e. The van der Waals surface area contributed by atoms with E-state index >= 15 is 0 Å². The van der Waals surface area contributed by atoms with E-state index in [-0.39, 0.29) is 0 Å². The van der Waals surface area contributed by atoms with E-state index in [2.05, 4.69) is 56.6 Å². The molecule has 0 aliphatic rings. The predicted octanol–water partition coefficient (Wildman–Crippen LogP) is 6.04. The van der Waals surface area contributed by atoms with Gasteiger partial charge in [0.25, 0.3) is 0 Å². The maximum absolute atomic E-state index is 4.61. The zero-order valence-corrected chi connectivity index (χ0v) is 16.1. The number of hydrogen-bond donors (Lipinski definition) is 3. The molecule has 20 heavy (non-hydrogen) atoms. The van der Waals surface area contributed by atoms with Crippen LogP contribution in [0, 0.1) is 0 Å². The first kappa shape index (κ1) is 22.9. The Morgan fingerprint density at radius 3 is 1.55 bits per heavy atom. The van der Waals surface area contributed by atoms with E-state index in [1.54, 1.807) is 0 Å². The highest BCUT2D eigenvalue weighted by atomic mass is 32.1. The second kappa shape index (κ2) is 21.9. The minimum Gasteiger partial charge on any atom is -0.371 e. The van der Waals surface area contributed by atoms with E-state index in [9.17, 15) is 0 Å². The third-order valence-corrected chi connectivity index (χ3v) is 3.66. The maximum atomic E-state index is 4.61. The van der Waals surface area contributed by atoms with Crippen molar-refractivity contribution in [3.8, 4) is 0 Å². The summed E-state index contributed by atoms with van der Waals surface area (Å²) in [7, 11) is 0. The SMILES string of the molecule is CCCCCCCCCCCCS.CCCNC(=S)S. The van der Waals surface area contributed by atoms with Crippen LogP contribution in [-0.2, 0) is 0 Å². The first-order valence-corrected chi connectivity index (χ1v) is 9.75. The zero-order valence-electron chi connectivity index (χ0n) is 13.5. The summed E-state index contributed by atoms with van der Waals surface area (Å²) in [6, 6.07) is 0. The highest BCUT2D eigenvalue weighted by Crippen LogP contribution is 2.10. The van der Waals surface area contributed by atoms with Gasteiger partial charge in [0.1, 0.15) is 4.32 Å². The highest BCUT2D eigenvalue weighted by Gasteiger charge is 1.91. The van der Waals surface area contributed by atoms with Crippen LogP contribution in [0.5, 0.6) is 0 Å². The molecule has 0 saturated heterocycles. The molecule has 122 valence electrons. The molecule has 0 rings (SSSR count). The van der Waals surface area contributed by atoms with Crippen LogP contribution in [0.2, 0.25) is 0 Å². The topological polar surface area (TPSA) is 12.0 Å². The number of unbranched alkanes of at least 4 members (excludes halogenated alkanes) is 9. The van der Waals surface area contributed by atoms with Crippen molar-refractivity contribution in [1.29, 1.82) is 0 Å². The van der Waals surface area contributed by atoms with Crippen LogP contribution in [0.3, 0.4) is 0 Å². The lowest BCUT2D eigenvalue weighted by atomic mass is 10.1. The molecule has 0 radical (unpaired) electrons. The van der Waals surface area contributed by atoms with Gasteiger partial charge in [-0.2, -0.15) is 12.6 Å². The van der Waals surface area contributed by atoms with Crippen LogP contribution in [-0.4, -0.2) is 16.6 Å². The van der Waals surface area contributed by atoms with E-state index in [4.69, 9.17) is 0 Å². The Balaban J connectivity index is 0. The molecule has 0 fully saturated rings. The first-order chi connectivity index (χ1) is 9.68. The fourth-order valence-electron chi connectivity index (χ4n) is 1.83. The van der Waals surface area contributed by atoms with Gasteiger partial charge in [-0.1, -0.05) is 83.9 Å². The maximum Gasteiger partial charge on any atom is 0.130 e. The van der Waals surface area contributed by atoms with E-state index < -0.39 is 0 Å². The Labute approximate surface area is 143 Å². The van der Waals surface area contributed by atoms with Crippen LogP contribution in [0.4, 0.5) is 0 Å². The summed E-state index contributed by atoms with van der Waals surface area (Å²) in [5.74, 6) is 1.07. The molecule has 0 aliphatic heterocycles. The van der Waals surface area contributed by atoms with Crippen LogP contribution >= 0.6 is 37.5 Å². The number of rotatable bonds is 12. The lowest BCUT2D eigenvalue weighted by Crippen LogP contribution is -2.16. The molecular formula is C16H35NS3. The quantitative estimate of drug-likeness (QED) is 0.228. The zero-order chi connectivity index (χ0) is 15.5. The average Bonchev–Trinajstić information content (AvgIpc) is 2.44. The summed E-state index contributed by atoms with van der Waals surface area (Å²) in [6.07, 6.45) is 15.3. The van der Waals surface area contributed by atoms with E-state index in [0.29, 0.717) is 4.32 Å². The van der Waals surface area contributed by atoms with Crippen molar-refractivity contribution in [2.24, 2.45) is 0 Å². The van der Waals surface area contributed by atoms with Crippen molar-refractivity contribution in [3.63, 3.8) is 0 Å². The molecule has 0 aromatic rings. The normalized spacial score (nSPS) is 9.80. The van der Waals surface area contributed by atoms with Gasteiger partial charge in [-0.05, 0) is 18.6 Å². The monoisotopic (exact) mass is 337 g/mol. The molecule has 0 bridgehead atoms. The fraction of sp³-hybridized carbons (Fsp3) is 0.938. The number of thiocarbonyl (C=S) groups is 1. The van der Waals surface area contributed by atoms with Crippen molar-refractivity contribution in [3.05, 3.63) is 0 Å². The van der Waals surface area contributed by atoms with Crippen LogP contribution in [0.25, 0.3) is 0 Å². The van der Waals surface area contributed by atoms with Gasteiger partial charge in [0, 0.05) is 6.54 Å². The summed E-state index contributed by atoms with van der Waals surface area (Å²) in [5, 5.41) is 2.89. The van der Waals surface area contributed by atoms with Crippen LogP contribution < -0.4 is 5.32 Å². The van der Waals surface area contributed by atoms with Crippen molar-refractivity contribution < 1.29 is 0 Å². The second-order valence-corrected chi connectivity index (χ2v) is 6.74. The number of thiol groups is 2. The molecule has 0 amide bonds. The summed E-state index contributed by atoms with van der Waals surface area (Å²) in [5.41, 5.74) is 0. The standard InChI is InChI=1S/C12H26S.C4H9NS2/c1-2-3-4-5-6-7-8-9-10-11-12-13;1-2-3-5-4(6)7/h13H,2-12H2,1H3;2-3H2,1H3,(H2,5,6,7). The Hall–Kier alpha value is 0.590. The lowest BCUT2D eigenvalue weighted by molar-refractivity contribution is 0.563. The van der Waals surface area contributed by atoms with Gasteiger partial charge in [0.05, 0.1) is 0 Å². The van der Waals surface area contributed by atoms with Gasteiger partial charge < -0.3 is 5.32 Å². The summed E-state index contributed by atoms with van der Waals surface area (Å²) < 4.78 is 0.585. The molecule has 0 spiro atoms. The first-order valence-electron chi connectivity index (χ1n) is 8.26.